The third kappa shape index (κ3) is 5.76. The van der Waals surface area contributed by atoms with Crippen molar-refractivity contribution < 1.29 is 68.8 Å². The van der Waals surface area contributed by atoms with Crippen molar-refractivity contribution in [3.8, 4) is 17.2 Å². The number of aromatic hydroxyl groups is 2. The minimum Gasteiger partial charge on any atom is -0.507 e. The topological polar surface area (TPSA) is 246 Å². The van der Waals surface area contributed by atoms with Crippen molar-refractivity contribution in [2.75, 3.05) is 13.7 Å². The second-order valence-electron chi connectivity index (χ2n) is 11.7. The Labute approximate surface area is 267 Å². The van der Waals surface area contributed by atoms with Crippen molar-refractivity contribution in [2.24, 2.45) is 0 Å². The third-order valence-electron chi connectivity index (χ3n) is 8.78. The van der Waals surface area contributed by atoms with Crippen LogP contribution < -0.4 is 10.1 Å². The average molecular weight is 656 g/mol. The number of aliphatic hydroxyl groups excluding tert-OH is 2. The number of carboxylic acid groups (broad SMARTS) is 1. The monoisotopic (exact) mass is 655 g/mol. The Hall–Kier alpha value is -4.67. The number of amides is 1. The fourth-order valence-corrected chi connectivity index (χ4v) is 6.39. The lowest BCUT2D eigenvalue weighted by Crippen LogP contribution is -2.56. The predicted octanol–water partition coefficient (Wildman–Crippen LogP) is 0.190. The number of phenols is 2. The highest BCUT2D eigenvalue weighted by Crippen LogP contribution is 2.52. The van der Waals surface area contributed by atoms with Crippen molar-refractivity contribution in [1.82, 2.24) is 5.32 Å². The van der Waals surface area contributed by atoms with E-state index in [1.54, 1.807) is 0 Å². The van der Waals surface area contributed by atoms with Gasteiger partial charge in [-0.2, -0.15) is 0 Å². The highest BCUT2D eigenvalue weighted by atomic mass is 16.7. The Morgan fingerprint density at radius 3 is 2.43 bits per heavy atom. The van der Waals surface area contributed by atoms with Gasteiger partial charge in [0.2, 0.25) is 11.7 Å². The highest BCUT2D eigenvalue weighted by molar-refractivity contribution is 6.31. The molecule has 1 amide bonds. The molecule has 3 aliphatic rings. The normalized spacial score (nSPS) is 26.9. The molecule has 0 aromatic heterocycles. The lowest BCUT2D eigenvalue weighted by molar-refractivity contribution is -0.249. The molecular weight excluding hydrogens is 622 g/mol. The van der Waals surface area contributed by atoms with Gasteiger partial charge in [-0.15, -0.1) is 0 Å². The van der Waals surface area contributed by atoms with Crippen molar-refractivity contribution in [3.63, 3.8) is 0 Å². The van der Waals surface area contributed by atoms with E-state index in [0.717, 1.165) is 0 Å². The van der Waals surface area contributed by atoms with Crippen LogP contribution >= 0.6 is 0 Å². The largest absolute Gasteiger partial charge is 0.507 e. The second-order valence-corrected chi connectivity index (χ2v) is 11.7. The summed E-state index contributed by atoms with van der Waals surface area (Å²) in [5, 5.41) is 66.4. The second kappa shape index (κ2) is 12.5. The molecule has 15 heteroatoms. The van der Waals surface area contributed by atoms with Crippen LogP contribution in [0.2, 0.25) is 0 Å². The Kier molecular flexibility index (Phi) is 8.96. The van der Waals surface area contributed by atoms with Gasteiger partial charge in [0.15, 0.2) is 17.9 Å². The maximum absolute atomic E-state index is 13.8. The number of aliphatic hydroxyl groups is 3. The quantitative estimate of drug-likeness (QED) is 0.127. The Bertz CT molecular complexity index is 1730. The number of hydrogen-bond acceptors (Lipinski definition) is 13. The van der Waals surface area contributed by atoms with Crippen molar-refractivity contribution >= 4 is 29.2 Å². The molecule has 6 atom stereocenters. The number of hydrogen-bond donors (Lipinski definition) is 7. The molecular formula is C32H33NO14. The van der Waals surface area contributed by atoms with Crippen LogP contribution in [-0.4, -0.2) is 104 Å². The number of nitrogens with one attached hydrogen (secondary N) is 1. The molecule has 1 saturated heterocycles. The highest BCUT2D eigenvalue weighted by Gasteiger charge is 2.50. The molecule has 2 aliphatic carbocycles. The summed E-state index contributed by atoms with van der Waals surface area (Å²) in [6, 6.07) is 3.22. The maximum Gasteiger partial charge on any atom is 0.328 e. The molecule has 15 nitrogen and oxygen atoms in total. The number of carboxylic acids is 1. The smallest absolute Gasteiger partial charge is 0.328 e. The number of phenolic OH excluding ortho intramolecular Hbond substituents is 2. The summed E-state index contributed by atoms with van der Waals surface area (Å²) in [6.07, 6.45) is -5.86. The number of ketones is 3. The van der Waals surface area contributed by atoms with Gasteiger partial charge in [0.05, 0.1) is 42.0 Å². The van der Waals surface area contributed by atoms with E-state index in [2.05, 4.69) is 5.32 Å². The number of carbonyl (C=O) groups excluding carboxylic acids is 4. The van der Waals surface area contributed by atoms with E-state index in [4.69, 9.17) is 19.3 Å². The molecule has 2 aromatic rings. The first-order valence-corrected chi connectivity index (χ1v) is 14.6. The van der Waals surface area contributed by atoms with E-state index in [9.17, 15) is 49.5 Å². The van der Waals surface area contributed by atoms with E-state index in [0.29, 0.717) is 6.08 Å². The van der Waals surface area contributed by atoms with Crippen LogP contribution in [0.3, 0.4) is 0 Å². The number of rotatable bonds is 8. The first-order chi connectivity index (χ1) is 22.1. The molecule has 2 aromatic carbocycles. The summed E-state index contributed by atoms with van der Waals surface area (Å²) in [5.41, 5.74) is -4.37. The van der Waals surface area contributed by atoms with Crippen LogP contribution in [-0.2, 0) is 30.3 Å². The van der Waals surface area contributed by atoms with Gasteiger partial charge in [-0.1, -0.05) is 12.1 Å². The molecule has 1 fully saturated rings. The summed E-state index contributed by atoms with van der Waals surface area (Å²) in [6.45, 7) is 1.64. The van der Waals surface area contributed by atoms with Gasteiger partial charge in [-0.05, 0) is 19.9 Å². The zero-order chi connectivity index (χ0) is 34.5. The molecule has 250 valence electrons. The van der Waals surface area contributed by atoms with Gasteiger partial charge < -0.3 is 50.2 Å². The summed E-state index contributed by atoms with van der Waals surface area (Å²) < 4.78 is 17.2. The van der Waals surface area contributed by atoms with Crippen molar-refractivity contribution in [1.29, 1.82) is 0 Å². The molecule has 1 heterocycles. The number of benzene rings is 2. The Balaban J connectivity index is 1.58. The molecule has 0 saturated carbocycles. The Morgan fingerprint density at radius 1 is 1.11 bits per heavy atom. The van der Waals surface area contributed by atoms with E-state index >= 15 is 0 Å². The van der Waals surface area contributed by atoms with Crippen molar-refractivity contribution in [3.05, 3.63) is 63.2 Å². The zero-order valence-corrected chi connectivity index (χ0v) is 25.5. The van der Waals surface area contributed by atoms with Gasteiger partial charge in [-0.3, -0.25) is 19.2 Å². The van der Waals surface area contributed by atoms with Crippen LogP contribution in [0.15, 0.2) is 29.8 Å². The van der Waals surface area contributed by atoms with Gasteiger partial charge >= 0.3 is 5.97 Å². The van der Waals surface area contributed by atoms with E-state index in [1.807, 2.05) is 0 Å². The molecule has 7 N–H and O–H groups in total. The van der Waals surface area contributed by atoms with E-state index in [-0.39, 0.29) is 40.0 Å². The molecule has 47 heavy (non-hydrogen) atoms. The zero-order valence-electron chi connectivity index (χ0n) is 25.5. The van der Waals surface area contributed by atoms with Gasteiger partial charge in [0, 0.05) is 47.6 Å². The number of Topliss-reactive ketones (excluding diaryl/α,β-unsaturated/α-hetero) is 1. The summed E-state index contributed by atoms with van der Waals surface area (Å²) >= 11 is 0. The SMILES string of the molecule is COc1cccc2c1C(=O)c1c(O)c3c(c(O)c1C2=O)C[C@@](O)(C(=O)CO)C[C@@H]3O[C@H]1C[C@H](NC(=O)/C(C)=C/C(=O)O)[C@H](O)[C@H](C)O1. The van der Waals surface area contributed by atoms with Gasteiger partial charge in [0.25, 0.3) is 0 Å². The van der Waals surface area contributed by atoms with Crippen LogP contribution in [0.5, 0.6) is 17.2 Å². The number of carbonyl (C=O) groups is 5. The standard InChI is InChI=1S/C32H33NO14/c1-12(7-20(36)37)31(43)33-16-8-21(46-13(2)26(16)38)47-18-10-32(44,19(35)11-34)9-15-23(18)30(42)25-24(28(15)40)27(39)14-5-4-6-17(45-3)22(14)29(25)41/h4-7,13,16,18,21,26,34,38,40,42,44H,8-11H2,1-3H3,(H,33,43)(H,36,37)/b12-7+/t13-,16-,18-,21-,26+,32-/m0/s1. The minimum atomic E-state index is -2.36. The van der Waals surface area contributed by atoms with Crippen LogP contribution in [0.25, 0.3) is 0 Å². The first-order valence-electron chi connectivity index (χ1n) is 14.6. The Morgan fingerprint density at radius 2 is 1.79 bits per heavy atom. The number of aliphatic carboxylic acids is 1. The lowest BCUT2D eigenvalue weighted by Gasteiger charge is -2.43. The number of methoxy groups -OCH3 is 1. The number of ether oxygens (including phenoxy) is 3. The fraction of sp³-hybridized carbons (Fsp3) is 0.406. The molecule has 0 bridgehead atoms. The average Bonchev–Trinajstić information content (AvgIpc) is 3.02. The van der Waals surface area contributed by atoms with E-state index in [1.165, 1.54) is 39.2 Å². The molecule has 0 unspecified atom stereocenters. The first kappa shape index (κ1) is 33.7. The van der Waals surface area contributed by atoms with Crippen molar-refractivity contribution in [2.45, 2.75) is 69.4 Å². The number of fused-ring (bicyclic) bond motifs is 3. The predicted molar refractivity (Wildman–Crippen MR) is 157 cm³/mol. The molecule has 0 spiro atoms. The summed E-state index contributed by atoms with van der Waals surface area (Å²) in [4.78, 5) is 63.8. The molecule has 0 radical (unpaired) electrons. The van der Waals surface area contributed by atoms with Crippen LogP contribution in [0, 0.1) is 0 Å². The van der Waals surface area contributed by atoms with Gasteiger partial charge in [0.1, 0.15) is 35.6 Å². The maximum atomic E-state index is 13.8. The lowest BCUT2D eigenvalue weighted by atomic mass is 9.72. The van der Waals surface area contributed by atoms with Gasteiger partial charge in [-0.25, -0.2) is 4.79 Å². The molecule has 1 aliphatic heterocycles. The fourth-order valence-electron chi connectivity index (χ4n) is 6.39. The molecule has 5 rings (SSSR count). The van der Waals surface area contributed by atoms with E-state index < -0.39 is 108 Å². The summed E-state index contributed by atoms with van der Waals surface area (Å²) in [7, 11) is 1.29. The third-order valence-corrected chi connectivity index (χ3v) is 8.78. The summed E-state index contributed by atoms with van der Waals surface area (Å²) in [5.74, 6) is -6.35. The minimum absolute atomic E-state index is 0.0449. The van der Waals surface area contributed by atoms with Crippen LogP contribution in [0.1, 0.15) is 75.8 Å². The van der Waals surface area contributed by atoms with Crippen LogP contribution in [0.4, 0.5) is 0 Å².